The van der Waals surface area contributed by atoms with Gasteiger partial charge in [0, 0.05) is 7.11 Å². The van der Waals surface area contributed by atoms with Crippen LogP contribution in [0.2, 0.25) is 0 Å². The maximum atomic E-state index is 5.16. The Kier molecular flexibility index (Phi) is 2.73. The third-order valence-electron chi connectivity index (χ3n) is 1.57. The summed E-state index contributed by atoms with van der Waals surface area (Å²) in [6.07, 6.45) is 6.10. The molecule has 1 atom stereocenters. The molecule has 0 aromatic carbocycles. The highest BCUT2D eigenvalue weighted by atomic mass is 79.9. The zero-order chi connectivity index (χ0) is 6.69. The van der Waals surface area contributed by atoms with E-state index in [0.29, 0.717) is 6.10 Å². The summed E-state index contributed by atoms with van der Waals surface area (Å²) in [7, 11) is 1.76. The number of methoxy groups -OCH3 is 1. The van der Waals surface area contributed by atoms with Crippen molar-refractivity contribution in [3.8, 4) is 0 Å². The van der Waals surface area contributed by atoms with Crippen LogP contribution in [0.3, 0.4) is 0 Å². The zero-order valence-corrected chi connectivity index (χ0v) is 7.15. The number of hydrogen-bond donors (Lipinski definition) is 0. The lowest BCUT2D eigenvalue weighted by atomic mass is 10.1. The van der Waals surface area contributed by atoms with Crippen LogP contribution in [0.5, 0.6) is 0 Å². The van der Waals surface area contributed by atoms with Crippen molar-refractivity contribution in [1.82, 2.24) is 0 Å². The highest BCUT2D eigenvalue weighted by molar-refractivity contribution is 9.11. The van der Waals surface area contributed by atoms with Crippen molar-refractivity contribution in [2.24, 2.45) is 0 Å². The first-order valence-corrected chi connectivity index (χ1v) is 4.01. The normalized spacial score (nSPS) is 27.8. The minimum atomic E-state index is 0.355. The Labute approximate surface area is 64.2 Å². The molecule has 0 N–H and O–H groups in total. The molecule has 0 amide bonds. The molecule has 0 spiro atoms. The van der Waals surface area contributed by atoms with E-state index in [1.165, 1.54) is 23.7 Å². The van der Waals surface area contributed by atoms with Crippen LogP contribution in [0, 0.1) is 0 Å². The van der Waals surface area contributed by atoms with E-state index in [2.05, 4.69) is 22.0 Å². The van der Waals surface area contributed by atoms with Crippen molar-refractivity contribution < 1.29 is 4.74 Å². The van der Waals surface area contributed by atoms with Gasteiger partial charge in [0.2, 0.25) is 0 Å². The molecular weight excluding hydrogens is 180 g/mol. The second-order valence-electron chi connectivity index (χ2n) is 2.28. The average molecular weight is 191 g/mol. The van der Waals surface area contributed by atoms with Crippen LogP contribution < -0.4 is 0 Å². The minimum absolute atomic E-state index is 0.355. The van der Waals surface area contributed by atoms with Gasteiger partial charge in [0.05, 0.1) is 6.10 Å². The van der Waals surface area contributed by atoms with Gasteiger partial charge in [-0.3, -0.25) is 0 Å². The summed E-state index contributed by atoms with van der Waals surface area (Å²) >= 11 is 3.45. The molecule has 52 valence electrons. The summed E-state index contributed by atoms with van der Waals surface area (Å²) in [5.74, 6) is 0. The number of hydrogen-bond acceptors (Lipinski definition) is 1. The van der Waals surface area contributed by atoms with Gasteiger partial charge in [0.1, 0.15) is 0 Å². The smallest absolute Gasteiger partial charge is 0.0762 e. The molecule has 1 rings (SSSR count). The minimum Gasteiger partial charge on any atom is -0.377 e. The first-order valence-electron chi connectivity index (χ1n) is 3.22. The van der Waals surface area contributed by atoms with Crippen molar-refractivity contribution in [3.63, 3.8) is 0 Å². The number of ether oxygens (including phenoxy) is 1. The third kappa shape index (κ3) is 2.11. The molecule has 0 aromatic heterocycles. The van der Waals surface area contributed by atoms with Gasteiger partial charge in [-0.25, -0.2) is 0 Å². The molecule has 9 heavy (non-hydrogen) atoms. The zero-order valence-electron chi connectivity index (χ0n) is 5.56. The maximum Gasteiger partial charge on any atom is 0.0762 e. The molecule has 0 aromatic rings. The molecule has 1 aliphatic rings. The highest BCUT2D eigenvalue weighted by Crippen LogP contribution is 2.23. The van der Waals surface area contributed by atoms with Crippen molar-refractivity contribution in [2.75, 3.05) is 7.11 Å². The highest BCUT2D eigenvalue weighted by Gasteiger charge is 2.09. The molecular formula is C7H11BrO. The standard InChI is InChI=1S/C7H11BrO/c1-9-7-4-2-3-6(8)5-7/h5,7H,2-4H2,1H3. The van der Waals surface area contributed by atoms with E-state index in [0.717, 1.165) is 0 Å². The summed E-state index contributed by atoms with van der Waals surface area (Å²) in [5.41, 5.74) is 0. The molecule has 0 aliphatic heterocycles. The van der Waals surface area contributed by atoms with Crippen LogP contribution in [0.15, 0.2) is 10.6 Å². The fourth-order valence-corrected chi connectivity index (χ4v) is 1.60. The Bertz CT molecular complexity index is 120. The molecule has 0 saturated heterocycles. The fraction of sp³-hybridized carbons (Fsp3) is 0.714. The Morgan fingerprint density at radius 1 is 1.78 bits per heavy atom. The maximum absolute atomic E-state index is 5.16. The predicted octanol–water partition coefficient (Wildman–Crippen LogP) is 2.46. The number of allylic oxidation sites excluding steroid dienone is 1. The van der Waals surface area contributed by atoms with Crippen LogP contribution in [0.1, 0.15) is 19.3 Å². The van der Waals surface area contributed by atoms with Gasteiger partial charge >= 0.3 is 0 Å². The Balaban J connectivity index is 2.47. The molecule has 0 heterocycles. The number of rotatable bonds is 1. The predicted molar refractivity (Wildman–Crippen MR) is 41.7 cm³/mol. The summed E-state index contributed by atoms with van der Waals surface area (Å²) < 4.78 is 6.45. The average Bonchev–Trinajstić information content (AvgIpc) is 1.88. The van der Waals surface area contributed by atoms with Crippen LogP contribution in [-0.2, 0) is 4.74 Å². The Morgan fingerprint density at radius 2 is 2.56 bits per heavy atom. The van der Waals surface area contributed by atoms with E-state index in [-0.39, 0.29) is 0 Å². The van der Waals surface area contributed by atoms with Gasteiger partial charge < -0.3 is 4.74 Å². The van der Waals surface area contributed by atoms with E-state index in [1.54, 1.807) is 7.11 Å². The Hall–Kier alpha value is 0.180. The molecule has 0 radical (unpaired) electrons. The first kappa shape index (κ1) is 7.29. The van der Waals surface area contributed by atoms with Gasteiger partial charge in [0.15, 0.2) is 0 Å². The van der Waals surface area contributed by atoms with Gasteiger partial charge in [-0.15, -0.1) is 0 Å². The second kappa shape index (κ2) is 3.37. The lowest BCUT2D eigenvalue weighted by molar-refractivity contribution is 0.128. The molecule has 0 fully saturated rings. The summed E-state index contributed by atoms with van der Waals surface area (Å²) in [6.45, 7) is 0. The molecule has 0 bridgehead atoms. The monoisotopic (exact) mass is 190 g/mol. The van der Waals surface area contributed by atoms with Crippen molar-refractivity contribution in [1.29, 1.82) is 0 Å². The van der Waals surface area contributed by atoms with E-state index < -0.39 is 0 Å². The van der Waals surface area contributed by atoms with Crippen molar-refractivity contribution in [3.05, 3.63) is 10.6 Å². The van der Waals surface area contributed by atoms with Crippen LogP contribution >= 0.6 is 15.9 Å². The Morgan fingerprint density at radius 3 is 3.00 bits per heavy atom. The fourth-order valence-electron chi connectivity index (χ4n) is 1.03. The largest absolute Gasteiger partial charge is 0.377 e. The van der Waals surface area contributed by atoms with Crippen LogP contribution in [-0.4, -0.2) is 13.2 Å². The lowest BCUT2D eigenvalue weighted by Gasteiger charge is -2.16. The molecule has 0 saturated carbocycles. The van der Waals surface area contributed by atoms with Gasteiger partial charge in [-0.2, -0.15) is 0 Å². The summed E-state index contributed by atoms with van der Waals surface area (Å²) in [6, 6.07) is 0. The quantitative estimate of drug-likeness (QED) is 0.618. The second-order valence-corrected chi connectivity index (χ2v) is 3.30. The van der Waals surface area contributed by atoms with Gasteiger partial charge in [0.25, 0.3) is 0 Å². The third-order valence-corrected chi connectivity index (χ3v) is 2.23. The van der Waals surface area contributed by atoms with Crippen molar-refractivity contribution >= 4 is 15.9 Å². The topological polar surface area (TPSA) is 9.23 Å². The van der Waals surface area contributed by atoms with E-state index >= 15 is 0 Å². The van der Waals surface area contributed by atoms with Gasteiger partial charge in [-0.1, -0.05) is 15.9 Å². The van der Waals surface area contributed by atoms with Crippen LogP contribution in [0.4, 0.5) is 0 Å². The van der Waals surface area contributed by atoms with Crippen molar-refractivity contribution in [2.45, 2.75) is 25.4 Å². The molecule has 1 nitrogen and oxygen atoms in total. The van der Waals surface area contributed by atoms with E-state index in [4.69, 9.17) is 4.74 Å². The molecule has 2 heteroatoms. The SMILES string of the molecule is COC1C=C(Br)CCC1. The molecule has 1 aliphatic carbocycles. The molecule has 1 unspecified atom stereocenters. The lowest BCUT2D eigenvalue weighted by Crippen LogP contribution is -2.10. The van der Waals surface area contributed by atoms with E-state index in [9.17, 15) is 0 Å². The summed E-state index contributed by atoms with van der Waals surface area (Å²) in [5, 5.41) is 0. The van der Waals surface area contributed by atoms with Crippen LogP contribution in [0.25, 0.3) is 0 Å². The number of halogens is 1. The first-order chi connectivity index (χ1) is 4.33. The van der Waals surface area contributed by atoms with E-state index in [1.807, 2.05) is 0 Å². The summed E-state index contributed by atoms with van der Waals surface area (Å²) in [4.78, 5) is 0. The van der Waals surface area contributed by atoms with Gasteiger partial charge in [-0.05, 0) is 29.8 Å².